The second-order valence-corrected chi connectivity index (χ2v) is 4.24. The van der Waals surface area contributed by atoms with E-state index in [1.54, 1.807) is 0 Å². The average molecular weight is 263 g/mol. The van der Waals surface area contributed by atoms with E-state index in [2.05, 4.69) is 5.32 Å². The minimum Gasteiger partial charge on any atom is -0.489 e. The molecule has 0 heterocycles. The topological polar surface area (TPSA) is 21.3 Å². The van der Waals surface area contributed by atoms with Crippen LogP contribution in [-0.2, 0) is 13.2 Å². The third kappa shape index (κ3) is 4.03. The molecule has 0 aliphatic carbocycles. The van der Waals surface area contributed by atoms with Crippen LogP contribution in [0.5, 0.6) is 5.75 Å². The Hall–Kier alpha value is -1.94. The second-order valence-electron chi connectivity index (χ2n) is 4.24. The predicted molar refractivity (Wildman–Crippen MR) is 69.9 cm³/mol. The summed E-state index contributed by atoms with van der Waals surface area (Å²) in [6.07, 6.45) is 0. The van der Waals surface area contributed by atoms with Gasteiger partial charge < -0.3 is 10.1 Å². The molecular weight excluding hydrogens is 248 g/mol. The van der Waals surface area contributed by atoms with Crippen LogP contribution in [0.2, 0.25) is 0 Å². The summed E-state index contributed by atoms with van der Waals surface area (Å²) in [5.41, 5.74) is 2.09. The van der Waals surface area contributed by atoms with Crippen molar-refractivity contribution in [2.45, 2.75) is 13.2 Å². The van der Waals surface area contributed by atoms with Crippen LogP contribution in [0.4, 0.5) is 8.78 Å². The predicted octanol–water partition coefficient (Wildman–Crippen LogP) is 3.26. The van der Waals surface area contributed by atoms with E-state index in [-0.39, 0.29) is 12.4 Å². The van der Waals surface area contributed by atoms with E-state index >= 15 is 0 Å². The Morgan fingerprint density at radius 1 is 1.00 bits per heavy atom. The normalized spacial score (nSPS) is 10.5. The van der Waals surface area contributed by atoms with Gasteiger partial charge in [0, 0.05) is 24.7 Å². The first-order valence-electron chi connectivity index (χ1n) is 5.98. The minimum atomic E-state index is -0.640. The van der Waals surface area contributed by atoms with Gasteiger partial charge in [0.05, 0.1) is 0 Å². The number of hydrogen-bond donors (Lipinski definition) is 1. The average Bonchev–Trinajstić information content (AvgIpc) is 2.36. The van der Waals surface area contributed by atoms with Gasteiger partial charge in [-0.25, -0.2) is 8.78 Å². The smallest absolute Gasteiger partial charge is 0.129 e. The molecule has 100 valence electrons. The highest BCUT2D eigenvalue weighted by Crippen LogP contribution is 2.17. The van der Waals surface area contributed by atoms with Gasteiger partial charge in [-0.15, -0.1) is 0 Å². The summed E-state index contributed by atoms with van der Waals surface area (Å²) >= 11 is 0. The lowest BCUT2D eigenvalue weighted by Crippen LogP contribution is -2.05. The fraction of sp³-hybridized carbons (Fsp3) is 0.200. The summed E-state index contributed by atoms with van der Waals surface area (Å²) in [5.74, 6) is -1.09. The molecule has 0 aromatic heterocycles. The maximum atomic E-state index is 13.0. The first kappa shape index (κ1) is 13.5. The van der Waals surface area contributed by atoms with Gasteiger partial charge in [-0.3, -0.25) is 0 Å². The molecule has 0 saturated carbocycles. The molecule has 1 N–H and O–H groups in total. The number of hydrogen-bond acceptors (Lipinski definition) is 2. The van der Waals surface area contributed by atoms with Crippen molar-refractivity contribution in [2.75, 3.05) is 7.05 Å². The van der Waals surface area contributed by atoms with Crippen LogP contribution < -0.4 is 10.1 Å². The highest BCUT2D eigenvalue weighted by molar-refractivity contribution is 5.26. The van der Waals surface area contributed by atoms with Crippen molar-refractivity contribution in [1.82, 2.24) is 5.32 Å². The number of halogens is 2. The third-order valence-electron chi connectivity index (χ3n) is 2.61. The van der Waals surface area contributed by atoms with E-state index in [4.69, 9.17) is 4.74 Å². The Bertz CT molecular complexity index is 537. The summed E-state index contributed by atoms with van der Waals surface area (Å²) in [6.45, 7) is 1.04. The summed E-state index contributed by atoms with van der Waals surface area (Å²) in [6, 6.07) is 11.0. The van der Waals surface area contributed by atoms with Crippen LogP contribution in [0.1, 0.15) is 11.1 Å². The van der Waals surface area contributed by atoms with Crippen molar-refractivity contribution in [2.24, 2.45) is 0 Å². The molecular formula is C15H15F2NO. The molecule has 0 unspecified atom stereocenters. The minimum absolute atomic E-state index is 0.191. The molecule has 0 spiro atoms. The van der Waals surface area contributed by atoms with Gasteiger partial charge in [-0.05, 0) is 18.2 Å². The quantitative estimate of drug-likeness (QED) is 0.894. The van der Waals surface area contributed by atoms with Crippen LogP contribution in [0, 0.1) is 11.6 Å². The Morgan fingerprint density at radius 2 is 1.68 bits per heavy atom. The van der Waals surface area contributed by atoms with E-state index in [0.29, 0.717) is 0 Å². The molecule has 2 aromatic carbocycles. The lowest BCUT2D eigenvalue weighted by molar-refractivity contribution is 0.302. The van der Waals surface area contributed by atoms with E-state index in [1.165, 1.54) is 12.1 Å². The zero-order valence-electron chi connectivity index (χ0n) is 10.6. The summed E-state index contributed by atoms with van der Waals surface area (Å²) in [4.78, 5) is 0. The first-order chi connectivity index (χ1) is 9.17. The van der Waals surface area contributed by atoms with Crippen LogP contribution in [0.3, 0.4) is 0 Å². The Morgan fingerprint density at radius 3 is 2.37 bits per heavy atom. The lowest BCUT2D eigenvalue weighted by atomic mass is 10.1. The molecule has 2 rings (SSSR count). The fourth-order valence-corrected chi connectivity index (χ4v) is 1.81. The van der Waals surface area contributed by atoms with Gasteiger partial charge >= 0.3 is 0 Å². The van der Waals surface area contributed by atoms with Gasteiger partial charge in [0.15, 0.2) is 0 Å². The van der Waals surface area contributed by atoms with Crippen molar-refractivity contribution in [3.8, 4) is 5.75 Å². The van der Waals surface area contributed by atoms with Crippen LogP contribution in [-0.4, -0.2) is 7.05 Å². The molecule has 2 nitrogen and oxygen atoms in total. The molecule has 0 bridgehead atoms. The van der Waals surface area contributed by atoms with Gasteiger partial charge in [0.2, 0.25) is 0 Å². The zero-order chi connectivity index (χ0) is 13.7. The number of nitrogens with one attached hydrogen (secondary N) is 1. The van der Waals surface area contributed by atoms with E-state index in [0.717, 1.165) is 23.7 Å². The van der Waals surface area contributed by atoms with Crippen molar-refractivity contribution in [3.05, 3.63) is 65.2 Å². The molecule has 0 radical (unpaired) electrons. The van der Waals surface area contributed by atoms with Gasteiger partial charge in [-0.2, -0.15) is 0 Å². The highest BCUT2D eigenvalue weighted by Gasteiger charge is 2.02. The van der Waals surface area contributed by atoms with E-state index < -0.39 is 11.6 Å². The van der Waals surface area contributed by atoms with Crippen LogP contribution >= 0.6 is 0 Å². The van der Waals surface area contributed by atoms with E-state index in [1.807, 2.05) is 31.3 Å². The van der Waals surface area contributed by atoms with E-state index in [9.17, 15) is 8.78 Å². The summed E-state index contributed by atoms with van der Waals surface area (Å²) in [5, 5.41) is 3.06. The monoisotopic (exact) mass is 263 g/mol. The number of benzene rings is 2. The molecule has 19 heavy (non-hydrogen) atoms. The second kappa shape index (κ2) is 6.29. The maximum absolute atomic E-state index is 13.0. The Labute approximate surface area is 111 Å². The molecule has 0 aliphatic heterocycles. The standard InChI is InChI=1S/C15H15F2NO/c1-18-9-11-3-2-4-12(5-11)10-19-15-7-13(16)6-14(17)8-15/h2-8,18H,9-10H2,1H3. The molecule has 0 amide bonds. The molecule has 0 saturated heterocycles. The van der Waals surface area contributed by atoms with Crippen LogP contribution in [0.25, 0.3) is 0 Å². The first-order valence-corrected chi connectivity index (χ1v) is 5.98. The van der Waals surface area contributed by atoms with Gasteiger partial charge in [0.1, 0.15) is 24.0 Å². The third-order valence-corrected chi connectivity index (χ3v) is 2.61. The molecule has 2 aromatic rings. The van der Waals surface area contributed by atoms with Gasteiger partial charge in [-0.1, -0.05) is 24.3 Å². The summed E-state index contributed by atoms with van der Waals surface area (Å²) in [7, 11) is 1.87. The number of ether oxygens (including phenoxy) is 1. The fourth-order valence-electron chi connectivity index (χ4n) is 1.81. The zero-order valence-corrected chi connectivity index (χ0v) is 10.6. The Kier molecular flexibility index (Phi) is 4.47. The van der Waals surface area contributed by atoms with Crippen molar-refractivity contribution in [3.63, 3.8) is 0 Å². The highest BCUT2D eigenvalue weighted by atomic mass is 19.1. The Balaban J connectivity index is 2.03. The SMILES string of the molecule is CNCc1cccc(COc2cc(F)cc(F)c2)c1. The van der Waals surface area contributed by atoms with Crippen molar-refractivity contribution < 1.29 is 13.5 Å². The van der Waals surface area contributed by atoms with Crippen molar-refractivity contribution >= 4 is 0 Å². The van der Waals surface area contributed by atoms with Gasteiger partial charge in [0.25, 0.3) is 0 Å². The largest absolute Gasteiger partial charge is 0.489 e. The van der Waals surface area contributed by atoms with Crippen LogP contribution in [0.15, 0.2) is 42.5 Å². The maximum Gasteiger partial charge on any atom is 0.129 e. The van der Waals surface area contributed by atoms with Crippen molar-refractivity contribution in [1.29, 1.82) is 0 Å². The lowest BCUT2D eigenvalue weighted by Gasteiger charge is -2.08. The molecule has 4 heteroatoms. The number of rotatable bonds is 5. The molecule has 0 fully saturated rings. The molecule has 0 atom stereocenters. The summed E-state index contributed by atoms with van der Waals surface area (Å²) < 4.78 is 31.4. The molecule has 0 aliphatic rings.